The summed E-state index contributed by atoms with van der Waals surface area (Å²) in [4.78, 5) is 0. The lowest BCUT2D eigenvalue weighted by molar-refractivity contribution is -0.0199. The van der Waals surface area contributed by atoms with Crippen LogP contribution in [0, 0.1) is 39.4 Å². The third-order valence-corrected chi connectivity index (χ3v) is 11.6. The molecular formula is C30H50O. The van der Waals surface area contributed by atoms with E-state index in [1.54, 1.807) is 0 Å². The first-order valence-electron chi connectivity index (χ1n) is 13.5. The van der Waals surface area contributed by atoms with E-state index < -0.39 is 0 Å². The van der Waals surface area contributed by atoms with Gasteiger partial charge in [-0.05, 0) is 111 Å². The average Bonchev–Trinajstić information content (AvgIpc) is 2.98. The van der Waals surface area contributed by atoms with Crippen molar-refractivity contribution >= 4 is 0 Å². The summed E-state index contributed by atoms with van der Waals surface area (Å²) in [5.41, 5.74) is 6.87. The number of hydrogen-bond acceptors (Lipinski definition) is 1. The fourth-order valence-electron chi connectivity index (χ4n) is 9.59. The fraction of sp³-hybridized carbons (Fsp3) is 0.867. The zero-order chi connectivity index (χ0) is 22.7. The molecular weight excluding hydrogens is 376 g/mol. The van der Waals surface area contributed by atoms with Crippen LogP contribution in [0.1, 0.15) is 119 Å². The second-order valence-corrected chi connectivity index (χ2v) is 13.5. The molecule has 1 nitrogen and oxygen atoms in total. The molecule has 4 aliphatic rings. The van der Waals surface area contributed by atoms with Crippen LogP contribution >= 0.6 is 0 Å². The number of hydrogen-bond donors (Lipinski definition) is 1. The van der Waals surface area contributed by atoms with E-state index in [1.807, 2.05) is 11.1 Å². The molecule has 6 atom stereocenters. The second kappa shape index (κ2) is 8.03. The molecule has 31 heavy (non-hydrogen) atoms. The molecule has 1 unspecified atom stereocenters. The smallest absolute Gasteiger partial charge is 0.0639 e. The monoisotopic (exact) mass is 426 g/mol. The predicted molar refractivity (Wildman–Crippen MR) is 133 cm³/mol. The van der Waals surface area contributed by atoms with Gasteiger partial charge in [0.1, 0.15) is 0 Å². The molecule has 0 aromatic heterocycles. The van der Waals surface area contributed by atoms with Crippen LogP contribution in [-0.4, -0.2) is 11.7 Å². The lowest BCUT2D eigenvalue weighted by atomic mass is 9.43. The van der Waals surface area contributed by atoms with E-state index in [4.69, 9.17) is 0 Å². The average molecular weight is 427 g/mol. The van der Waals surface area contributed by atoms with E-state index in [-0.39, 0.29) is 6.61 Å². The summed E-state index contributed by atoms with van der Waals surface area (Å²) in [6.07, 6.45) is 17.4. The minimum atomic E-state index is 0.209. The molecule has 1 heteroatoms. The maximum Gasteiger partial charge on any atom is 0.0639 e. The minimum absolute atomic E-state index is 0.209. The van der Waals surface area contributed by atoms with Gasteiger partial charge in [-0.1, -0.05) is 70.8 Å². The number of fused-ring (bicyclic) bond motifs is 4. The highest BCUT2D eigenvalue weighted by atomic mass is 16.3. The Labute approximate surface area is 193 Å². The summed E-state index contributed by atoms with van der Waals surface area (Å²) in [5.74, 6) is 2.51. The van der Waals surface area contributed by atoms with Gasteiger partial charge in [-0.25, -0.2) is 0 Å². The van der Waals surface area contributed by atoms with E-state index in [0.717, 1.165) is 29.7 Å². The Kier molecular flexibility index (Phi) is 6.11. The summed E-state index contributed by atoms with van der Waals surface area (Å²) in [5, 5.41) is 9.31. The van der Waals surface area contributed by atoms with Crippen LogP contribution in [0.25, 0.3) is 0 Å². The highest BCUT2D eigenvalue weighted by Gasteiger charge is 2.62. The molecule has 0 amide bonds. The molecule has 0 bridgehead atoms. The molecule has 0 saturated heterocycles. The SMILES string of the molecule is CC(=CCC[C@@H](C)[C@H]1CC[C@@]2(C)C3=C(CC[C@@]12C)[C@@]1(C)CCCC(C)(C)C1CC3)CO. The van der Waals surface area contributed by atoms with Gasteiger partial charge in [0.25, 0.3) is 0 Å². The largest absolute Gasteiger partial charge is 0.392 e. The van der Waals surface area contributed by atoms with Crippen molar-refractivity contribution < 1.29 is 5.11 Å². The van der Waals surface area contributed by atoms with Crippen molar-refractivity contribution in [3.05, 3.63) is 22.8 Å². The Hall–Kier alpha value is -0.560. The third kappa shape index (κ3) is 3.51. The molecule has 0 spiro atoms. The maximum atomic E-state index is 9.31. The van der Waals surface area contributed by atoms with Gasteiger partial charge in [-0.15, -0.1) is 0 Å². The Balaban J connectivity index is 1.61. The lowest BCUT2D eigenvalue weighted by Gasteiger charge is -2.61. The summed E-state index contributed by atoms with van der Waals surface area (Å²) >= 11 is 0. The maximum absolute atomic E-state index is 9.31. The van der Waals surface area contributed by atoms with Crippen LogP contribution in [0.4, 0.5) is 0 Å². The Morgan fingerprint density at radius 1 is 1.00 bits per heavy atom. The molecule has 1 N–H and O–H groups in total. The predicted octanol–water partition coefficient (Wildman–Crippen LogP) is 8.48. The molecule has 0 aromatic rings. The fourth-order valence-corrected chi connectivity index (χ4v) is 9.59. The molecule has 2 saturated carbocycles. The van der Waals surface area contributed by atoms with Crippen LogP contribution in [0.2, 0.25) is 0 Å². The van der Waals surface area contributed by atoms with Gasteiger partial charge >= 0.3 is 0 Å². The zero-order valence-electron chi connectivity index (χ0n) is 21.7. The van der Waals surface area contributed by atoms with E-state index in [0.29, 0.717) is 21.7 Å². The molecule has 176 valence electrons. The van der Waals surface area contributed by atoms with Crippen molar-refractivity contribution in [2.24, 2.45) is 39.4 Å². The van der Waals surface area contributed by atoms with Gasteiger partial charge in [0.05, 0.1) is 6.61 Å². The molecule has 0 heterocycles. The Morgan fingerprint density at radius 2 is 1.74 bits per heavy atom. The minimum Gasteiger partial charge on any atom is -0.392 e. The molecule has 4 aliphatic carbocycles. The summed E-state index contributed by atoms with van der Waals surface area (Å²) in [6, 6.07) is 0. The summed E-state index contributed by atoms with van der Waals surface area (Å²) < 4.78 is 0. The van der Waals surface area contributed by atoms with Gasteiger partial charge in [0, 0.05) is 0 Å². The molecule has 0 aliphatic heterocycles. The standard InChI is InChI=1S/C30H50O/c1-21(20-31)10-8-11-22(2)23-14-18-30(7)25-12-13-26-27(3,4)16-9-17-28(26,5)24(25)15-19-29(23,30)6/h10,22-23,26,31H,8-9,11-20H2,1-7H3/t22-,23-,26?,28-,29+,30+/m1/s1. The van der Waals surface area contributed by atoms with Crippen molar-refractivity contribution in [3.63, 3.8) is 0 Å². The quantitative estimate of drug-likeness (QED) is 0.437. The van der Waals surface area contributed by atoms with Crippen molar-refractivity contribution in [2.45, 2.75) is 119 Å². The van der Waals surface area contributed by atoms with Crippen molar-refractivity contribution in [2.75, 3.05) is 6.61 Å². The Morgan fingerprint density at radius 3 is 2.45 bits per heavy atom. The van der Waals surface area contributed by atoms with Gasteiger partial charge in [0.15, 0.2) is 0 Å². The zero-order valence-corrected chi connectivity index (χ0v) is 21.7. The first-order chi connectivity index (χ1) is 14.5. The molecule has 0 aromatic carbocycles. The van der Waals surface area contributed by atoms with Crippen molar-refractivity contribution in [1.82, 2.24) is 0 Å². The highest BCUT2D eigenvalue weighted by Crippen LogP contribution is 2.72. The van der Waals surface area contributed by atoms with Crippen LogP contribution in [-0.2, 0) is 0 Å². The van der Waals surface area contributed by atoms with Crippen molar-refractivity contribution in [3.8, 4) is 0 Å². The highest BCUT2D eigenvalue weighted by molar-refractivity contribution is 5.38. The van der Waals surface area contributed by atoms with E-state index in [2.05, 4.69) is 54.5 Å². The number of aliphatic hydroxyl groups is 1. The first-order valence-corrected chi connectivity index (χ1v) is 13.5. The van der Waals surface area contributed by atoms with Crippen molar-refractivity contribution in [1.29, 1.82) is 0 Å². The second-order valence-electron chi connectivity index (χ2n) is 13.5. The van der Waals surface area contributed by atoms with E-state index >= 15 is 0 Å². The molecule has 2 fully saturated rings. The number of aliphatic hydroxyl groups excluding tert-OH is 1. The van der Waals surface area contributed by atoms with Gasteiger partial charge < -0.3 is 5.11 Å². The Bertz CT molecular complexity index is 756. The third-order valence-electron chi connectivity index (χ3n) is 11.6. The van der Waals surface area contributed by atoms with Crippen LogP contribution < -0.4 is 0 Å². The lowest BCUT2D eigenvalue weighted by Crippen LogP contribution is -2.51. The summed E-state index contributed by atoms with van der Waals surface area (Å²) in [6.45, 7) is 17.9. The number of allylic oxidation sites excluding steroid dienone is 3. The first kappa shape index (κ1) is 23.6. The van der Waals surface area contributed by atoms with Crippen LogP contribution in [0.5, 0.6) is 0 Å². The van der Waals surface area contributed by atoms with Gasteiger partial charge in [-0.2, -0.15) is 0 Å². The molecule has 0 radical (unpaired) electrons. The van der Waals surface area contributed by atoms with Gasteiger partial charge in [0.2, 0.25) is 0 Å². The van der Waals surface area contributed by atoms with E-state index in [1.165, 1.54) is 64.2 Å². The summed E-state index contributed by atoms with van der Waals surface area (Å²) in [7, 11) is 0. The van der Waals surface area contributed by atoms with Gasteiger partial charge in [-0.3, -0.25) is 0 Å². The van der Waals surface area contributed by atoms with E-state index in [9.17, 15) is 5.11 Å². The topological polar surface area (TPSA) is 20.2 Å². The van der Waals surface area contributed by atoms with Crippen LogP contribution in [0.3, 0.4) is 0 Å². The number of rotatable bonds is 5. The normalized spacial score (nSPS) is 43.3. The molecule has 4 rings (SSSR count). The van der Waals surface area contributed by atoms with Crippen LogP contribution in [0.15, 0.2) is 22.8 Å².